The monoisotopic (exact) mass is 831 g/mol. The highest BCUT2D eigenvalue weighted by Crippen LogP contribution is 2.64. The number of amides is 1. The number of benzene rings is 2. The van der Waals surface area contributed by atoms with Crippen LogP contribution in [0.2, 0.25) is 0 Å². The minimum Gasteiger partial charge on any atom is -0.456 e. The number of allylic oxidation sites excluding steroid dienone is 1. The minimum absolute atomic E-state index is 0.00140. The second kappa shape index (κ2) is 16.3. The van der Waals surface area contributed by atoms with Gasteiger partial charge >= 0.3 is 23.9 Å². The maximum atomic E-state index is 15.4. The summed E-state index contributed by atoms with van der Waals surface area (Å²) < 4.78 is 30.2. The fraction of sp³-hybridized carbons (Fsp3) is 0.511. The van der Waals surface area contributed by atoms with Gasteiger partial charge in [0.15, 0.2) is 23.6 Å². The quantitative estimate of drug-likeness (QED) is 0.117. The van der Waals surface area contributed by atoms with Crippen LogP contribution in [-0.2, 0) is 47.7 Å². The normalized spacial score (nSPS) is 32.9. The first kappa shape index (κ1) is 44.3. The summed E-state index contributed by atoms with van der Waals surface area (Å²) in [6, 6.07) is 14.8. The lowest BCUT2D eigenvalue weighted by molar-refractivity contribution is -0.346. The van der Waals surface area contributed by atoms with Crippen LogP contribution in [0.4, 0.5) is 0 Å². The number of aliphatic hydroxyl groups excluding tert-OH is 2. The molecule has 0 aromatic heterocycles. The van der Waals surface area contributed by atoms with Gasteiger partial charge in [-0.15, -0.1) is 0 Å². The first-order valence-corrected chi connectivity index (χ1v) is 19.9. The fourth-order valence-corrected chi connectivity index (χ4v) is 9.75. The van der Waals surface area contributed by atoms with Gasteiger partial charge in [-0.05, 0) is 56.5 Å². The Morgan fingerprint density at radius 2 is 1.53 bits per heavy atom. The maximum absolute atomic E-state index is 15.4. The highest BCUT2D eigenvalue weighted by Gasteiger charge is 2.78. The molecule has 1 aliphatic heterocycles. The Balaban J connectivity index is 1.56. The molecule has 2 aromatic rings. The van der Waals surface area contributed by atoms with E-state index in [9.17, 15) is 39.3 Å². The fourth-order valence-electron chi connectivity index (χ4n) is 9.75. The summed E-state index contributed by atoms with van der Waals surface area (Å²) in [6.07, 6.45) is -8.88. The molecule has 3 fully saturated rings. The Bertz CT molecular complexity index is 2110. The number of carbonyl (C=O) groups excluding carboxylic acids is 6. The van der Waals surface area contributed by atoms with Crippen LogP contribution >= 0.6 is 0 Å². The van der Waals surface area contributed by atoms with Gasteiger partial charge in [0.2, 0.25) is 5.91 Å². The number of aliphatic hydroxyl groups is 3. The van der Waals surface area contributed by atoms with Crippen molar-refractivity contribution in [2.24, 2.45) is 16.7 Å². The number of Topliss-reactive ketones (excluding diaryl/α,β-unsaturated/α-hetero) is 1. The van der Waals surface area contributed by atoms with Crippen LogP contribution in [0.3, 0.4) is 0 Å². The number of hydrogen-bond donors (Lipinski definition) is 4. The Morgan fingerprint density at radius 3 is 2.08 bits per heavy atom. The largest absolute Gasteiger partial charge is 0.456 e. The van der Waals surface area contributed by atoms with Gasteiger partial charge < -0.3 is 44.3 Å². The van der Waals surface area contributed by atoms with Gasteiger partial charge in [-0.2, -0.15) is 0 Å². The van der Waals surface area contributed by atoms with Crippen molar-refractivity contribution in [3.8, 4) is 0 Å². The molecule has 1 unspecified atom stereocenters. The number of ether oxygens (including phenoxy) is 5. The Morgan fingerprint density at radius 1 is 0.917 bits per heavy atom. The number of esters is 4. The van der Waals surface area contributed by atoms with Crippen molar-refractivity contribution >= 4 is 35.6 Å². The average molecular weight is 832 g/mol. The Kier molecular flexibility index (Phi) is 12.1. The van der Waals surface area contributed by atoms with Crippen LogP contribution in [0.1, 0.15) is 90.2 Å². The summed E-state index contributed by atoms with van der Waals surface area (Å²) in [4.78, 5) is 82.9. The van der Waals surface area contributed by atoms with Crippen LogP contribution in [0.15, 0.2) is 83.5 Å². The van der Waals surface area contributed by atoms with E-state index in [-0.39, 0.29) is 29.7 Å². The molecule has 4 aliphatic rings. The van der Waals surface area contributed by atoms with Gasteiger partial charge in [0.05, 0.1) is 35.6 Å². The zero-order chi connectivity index (χ0) is 44.1. The molecule has 15 heteroatoms. The predicted octanol–water partition coefficient (Wildman–Crippen LogP) is 3.39. The molecule has 1 heterocycles. The SMILES string of the molecule is CC=C(C)C(=O)N[C@@H](c1ccccc1)[C@@H](O)C(=O)O[C@H]1C[C@@]2(O)[C@@H](OC(=O)c3ccccc3)C3[C@](C)(C(=O)[C@H](OC(C)=O)C(=C1C)C2(C)C)[C@@H](O)C[C@H]1OC[C@@]31OC(C)=O. The van der Waals surface area contributed by atoms with Crippen LogP contribution < -0.4 is 5.32 Å². The van der Waals surface area contributed by atoms with E-state index >= 15 is 4.79 Å². The Hall–Kier alpha value is -5.22. The molecule has 0 radical (unpaired) electrons. The smallest absolute Gasteiger partial charge is 0.338 e. The highest BCUT2D eigenvalue weighted by molar-refractivity contribution is 5.96. The molecule has 6 rings (SSSR count). The molecular formula is C45H53NO14. The van der Waals surface area contributed by atoms with E-state index in [0.29, 0.717) is 11.1 Å². The second-order valence-electron chi connectivity index (χ2n) is 17.0. The molecule has 322 valence electrons. The zero-order valence-corrected chi connectivity index (χ0v) is 34.9. The van der Waals surface area contributed by atoms with Crippen LogP contribution in [-0.4, -0.2) is 105 Å². The number of rotatable bonds is 10. The third-order valence-electron chi connectivity index (χ3n) is 13.2. The van der Waals surface area contributed by atoms with E-state index in [1.807, 2.05) is 0 Å². The number of nitrogens with one attached hydrogen (secondary N) is 1. The van der Waals surface area contributed by atoms with Crippen LogP contribution in [0, 0.1) is 16.7 Å². The van der Waals surface area contributed by atoms with Crippen LogP contribution in [0.5, 0.6) is 0 Å². The van der Waals surface area contributed by atoms with Gasteiger partial charge in [0.1, 0.15) is 23.9 Å². The maximum Gasteiger partial charge on any atom is 0.338 e. The predicted molar refractivity (Wildman–Crippen MR) is 211 cm³/mol. The molecule has 60 heavy (non-hydrogen) atoms. The molecule has 11 atom stereocenters. The molecule has 2 bridgehead atoms. The first-order chi connectivity index (χ1) is 28.1. The Labute approximate surface area is 348 Å². The van der Waals surface area contributed by atoms with E-state index < -0.39 is 113 Å². The topological polar surface area (TPSA) is 221 Å². The van der Waals surface area contributed by atoms with Crippen LogP contribution in [0.25, 0.3) is 0 Å². The molecule has 2 saturated carbocycles. The summed E-state index contributed by atoms with van der Waals surface area (Å²) in [5.74, 6) is -6.78. The van der Waals surface area contributed by atoms with E-state index in [2.05, 4.69) is 5.32 Å². The summed E-state index contributed by atoms with van der Waals surface area (Å²) in [7, 11) is 0. The molecule has 3 aliphatic carbocycles. The number of hydrogen-bond acceptors (Lipinski definition) is 14. The third-order valence-corrected chi connectivity index (χ3v) is 13.2. The molecule has 1 amide bonds. The lowest BCUT2D eigenvalue weighted by Gasteiger charge is -2.67. The van der Waals surface area contributed by atoms with E-state index in [1.165, 1.54) is 26.0 Å². The van der Waals surface area contributed by atoms with Gasteiger partial charge in [0.25, 0.3) is 0 Å². The number of fused-ring (bicyclic) bond motifs is 5. The van der Waals surface area contributed by atoms with Gasteiger partial charge in [0, 0.05) is 37.7 Å². The number of ketones is 1. The molecular weight excluding hydrogens is 778 g/mol. The summed E-state index contributed by atoms with van der Waals surface area (Å²) in [6.45, 7) is 11.2. The molecule has 4 N–H and O–H groups in total. The minimum atomic E-state index is -2.38. The van der Waals surface area contributed by atoms with Crippen molar-refractivity contribution in [1.29, 1.82) is 0 Å². The van der Waals surface area contributed by atoms with Crippen molar-refractivity contribution in [3.05, 3.63) is 94.6 Å². The van der Waals surface area contributed by atoms with E-state index in [0.717, 1.165) is 13.8 Å². The molecule has 0 spiro atoms. The van der Waals surface area contributed by atoms with Crippen molar-refractivity contribution in [2.75, 3.05) is 6.61 Å². The van der Waals surface area contributed by atoms with Gasteiger partial charge in [-0.3, -0.25) is 19.2 Å². The van der Waals surface area contributed by atoms with Crippen molar-refractivity contribution in [2.45, 2.75) is 122 Å². The van der Waals surface area contributed by atoms with Gasteiger partial charge in [-0.25, -0.2) is 9.59 Å². The molecule has 1 saturated heterocycles. The first-order valence-electron chi connectivity index (χ1n) is 19.9. The van der Waals surface area contributed by atoms with E-state index in [1.54, 1.807) is 82.3 Å². The average Bonchev–Trinajstić information content (AvgIpc) is 3.20. The lowest BCUT2D eigenvalue weighted by Crippen LogP contribution is -2.82. The van der Waals surface area contributed by atoms with Crippen molar-refractivity contribution < 1.29 is 67.8 Å². The lowest BCUT2D eigenvalue weighted by atomic mass is 9.44. The van der Waals surface area contributed by atoms with Gasteiger partial charge in [-0.1, -0.05) is 68.5 Å². The summed E-state index contributed by atoms with van der Waals surface area (Å²) in [5, 5.41) is 40.0. The second-order valence-corrected chi connectivity index (χ2v) is 17.0. The zero-order valence-electron chi connectivity index (χ0n) is 34.9. The van der Waals surface area contributed by atoms with E-state index in [4.69, 9.17) is 23.7 Å². The molecule has 15 nitrogen and oxygen atoms in total. The molecule has 2 aromatic carbocycles. The standard InChI is InChI=1S/C45H53NO14/c1-9-23(2)39(52)46-33(27-16-12-10-13-17-27)34(50)41(54)58-29-21-45(55)38(59-40(53)28-18-14-11-15-19-28)36-43(8,30(49)20-31-44(36,22-56-31)60-26(5)48)37(51)35(57-25(4)47)32(24(29)3)42(45,6)7/h9-19,29-31,33-36,38,49-50,55H,20-22H2,1-8H3,(H,46,52)/t29-,30-,31+,33-,34+,35+,36?,38-,43+,44-,45+/m0/s1. The summed E-state index contributed by atoms with van der Waals surface area (Å²) >= 11 is 0. The number of carbonyl (C=O) groups is 6. The third kappa shape index (κ3) is 7.24. The summed E-state index contributed by atoms with van der Waals surface area (Å²) in [5.41, 5.74) is -6.91. The van der Waals surface area contributed by atoms with Crippen molar-refractivity contribution in [3.63, 3.8) is 0 Å². The highest BCUT2D eigenvalue weighted by atomic mass is 16.6. The van der Waals surface area contributed by atoms with Crippen molar-refractivity contribution in [1.82, 2.24) is 5.32 Å².